The minimum Gasteiger partial charge on any atom is -0.370 e. The minimum absolute atomic E-state index is 0.0269. The molecular weight excluding hydrogens is 192 g/mol. The first-order valence-electron chi connectivity index (χ1n) is 5.35. The van der Waals surface area contributed by atoms with Crippen LogP contribution in [-0.4, -0.2) is 29.8 Å². The summed E-state index contributed by atoms with van der Waals surface area (Å²) in [6.45, 7) is 5.34. The average molecular weight is 212 g/mol. The molecule has 86 valence electrons. The van der Waals surface area contributed by atoms with Crippen LogP contribution in [0.4, 0.5) is 0 Å². The van der Waals surface area contributed by atoms with Gasteiger partial charge in [0.25, 0.3) is 0 Å². The van der Waals surface area contributed by atoms with E-state index in [1.165, 1.54) is 0 Å². The van der Waals surface area contributed by atoms with Gasteiger partial charge in [-0.25, -0.2) is 0 Å². The van der Waals surface area contributed by atoms with E-state index >= 15 is 0 Å². The maximum atomic E-state index is 11.4. The summed E-state index contributed by atoms with van der Waals surface area (Å²) >= 11 is 0. The molecule has 0 aromatic carbocycles. The number of hydrogen-bond donors (Lipinski definition) is 1. The molecule has 0 atom stereocenters. The van der Waals surface area contributed by atoms with Crippen molar-refractivity contribution in [3.63, 3.8) is 0 Å². The highest BCUT2D eigenvalue weighted by atomic mass is 16.2. The molecule has 0 spiro atoms. The van der Waals surface area contributed by atoms with Crippen LogP contribution in [0.1, 0.15) is 33.1 Å². The SMILES string of the molecule is CCN(CC)C(=O)C=CCCCC(N)=O. The van der Waals surface area contributed by atoms with Crippen LogP contribution < -0.4 is 5.73 Å². The maximum Gasteiger partial charge on any atom is 0.246 e. The number of allylic oxidation sites excluding steroid dienone is 1. The minimum atomic E-state index is -0.293. The van der Waals surface area contributed by atoms with E-state index in [0.717, 1.165) is 19.5 Å². The Hall–Kier alpha value is -1.32. The van der Waals surface area contributed by atoms with E-state index in [-0.39, 0.29) is 11.8 Å². The third-order valence-electron chi connectivity index (χ3n) is 2.13. The molecule has 0 heterocycles. The number of hydrogen-bond acceptors (Lipinski definition) is 2. The molecule has 0 aromatic heterocycles. The first kappa shape index (κ1) is 13.7. The van der Waals surface area contributed by atoms with Crippen LogP contribution in [0.2, 0.25) is 0 Å². The molecular formula is C11H20N2O2. The molecule has 0 aliphatic heterocycles. The Balaban J connectivity index is 3.76. The molecule has 4 heteroatoms. The number of nitrogens with zero attached hydrogens (tertiary/aromatic N) is 1. The molecule has 0 aliphatic rings. The van der Waals surface area contributed by atoms with Crippen molar-refractivity contribution in [2.45, 2.75) is 33.1 Å². The lowest BCUT2D eigenvalue weighted by Gasteiger charge is -2.15. The number of likely N-dealkylation sites (N-methyl/N-ethyl adjacent to an activating group) is 1. The standard InChI is InChI=1S/C11H20N2O2/c1-3-13(4-2)11(15)9-7-5-6-8-10(12)14/h7,9H,3-6,8H2,1-2H3,(H2,12,14). The lowest BCUT2D eigenvalue weighted by Crippen LogP contribution is -2.28. The summed E-state index contributed by atoms with van der Waals surface area (Å²) in [5, 5.41) is 0. The summed E-state index contributed by atoms with van der Waals surface area (Å²) in [6.07, 6.45) is 5.16. The van der Waals surface area contributed by atoms with Gasteiger partial charge in [-0.2, -0.15) is 0 Å². The predicted molar refractivity (Wildman–Crippen MR) is 60.1 cm³/mol. The lowest BCUT2D eigenvalue weighted by atomic mass is 10.2. The normalized spacial score (nSPS) is 10.5. The fourth-order valence-corrected chi connectivity index (χ4v) is 1.22. The van der Waals surface area contributed by atoms with Gasteiger partial charge in [0.1, 0.15) is 0 Å². The number of primary amides is 1. The van der Waals surface area contributed by atoms with Gasteiger partial charge in [0.05, 0.1) is 0 Å². The number of carbonyl (C=O) groups excluding carboxylic acids is 2. The third kappa shape index (κ3) is 6.71. The lowest BCUT2D eigenvalue weighted by molar-refractivity contribution is -0.125. The van der Waals surface area contributed by atoms with E-state index in [1.54, 1.807) is 17.1 Å². The molecule has 4 nitrogen and oxygen atoms in total. The van der Waals surface area contributed by atoms with Gasteiger partial charge < -0.3 is 10.6 Å². The van der Waals surface area contributed by atoms with Crippen molar-refractivity contribution in [3.05, 3.63) is 12.2 Å². The summed E-state index contributed by atoms with van der Waals surface area (Å²) in [4.78, 5) is 23.6. The maximum absolute atomic E-state index is 11.4. The summed E-state index contributed by atoms with van der Waals surface area (Å²) in [5.41, 5.74) is 4.99. The van der Waals surface area contributed by atoms with Gasteiger partial charge in [-0.05, 0) is 32.8 Å². The Morgan fingerprint density at radius 1 is 1.27 bits per heavy atom. The monoisotopic (exact) mass is 212 g/mol. The molecule has 0 aliphatic carbocycles. The number of amides is 2. The first-order chi connectivity index (χ1) is 7.11. The van der Waals surface area contributed by atoms with Gasteiger partial charge in [0.15, 0.2) is 0 Å². The zero-order valence-electron chi connectivity index (χ0n) is 9.53. The van der Waals surface area contributed by atoms with Gasteiger partial charge in [-0.1, -0.05) is 6.08 Å². The van der Waals surface area contributed by atoms with Gasteiger partial charge in [-0.15, -0.1) is 0 Å². The first-order valence-corrected chi connectivity index (χ1v) is 5.35. The van der Waals surface area contributed by atoms with Crippen LogP contribution in [0, 0.1) is 0 Å². The fourth-order valence-electron chi connectivity index (χ4n) is 1.22. The van der Waals surface area contributed by atoms with E-state index in [2.05, 4.69) is 0 Å². The van der Waals surface area contributed by atoms with Crippen molar-refractivity contribution in [2.24, 2.45) is 5.73 Å². The fraction of sp³-hybridized carbons (Fsp3) is 0.636. The van der Waals surface area contributed by atoms with Crippen LogP contribution in [0.25, 0.3) is 0 Å². The van der Waals surface area contributed by atoms with E-state index in [9.17, 15) is 9.59 Å². The van der Waals surface area contributed by atoms with Crippen molar-refractivity contribution >= 4 is 11.8 Å². The van der Waals surface area contributed by atoms with Crippen molar-refractivity contribution in [3.8, 4) is 0 Å². The number of carbonyl (C=O) groups is 2. The van der Waals surface area contributed by atoms with Gasteiger partial charge >= 0.3 is 0 Å². The molecule has 0 aromatic rings. The molecule has 0 unspecified atom stereocenters. The summed E-state index contributed by atoms with van der Waals surface area (Å²) in [6, 6.07) is 0. The summed E-state index contributed by atoms with van der Waals surface area (Å²) < 4.78 is 0. The van der Waals surface area contributed by atoms with E-state index < -0.39 is 0 Å². The number of nitrogens with two attached hydrogens (primary N) is 1. The highest BCUT2D eigenvalue weighted by molar-refractivity contribution is 5.87. The molecule has 0 fully saturated rings. The number of unbranched alkanes of at least 4 members (excludes halogenated alkanes) is 1. The largest absolute Gasteiger partial charge is 0.370 e. The summed E-state index contributed by atoms with van der Waals surface area (Å²) in [5.74, 6) is -0.266. The van der Waals surface area contributed by atoms with Crippen molar-refractivity contribution in [2.75, 3.05) is 13.1 Å². The molecule has 0 radical (unpaired) electrons. The van der Waals surface area contributed by atoms with E-state index in [1.807, 2.05) is 13.8 Å². The molecule has 2 amide bonds. The van der Waals surface area contributed by atoms with Crippen LogP contribution in [0.15, 0.2) is 12.2 Å². The van der Waals surface area contributed by atoms with Gasteiger partial charge in [0.2, 0.25) is 11.8 Å². The Morgan fingerprint density at radius 3 is 2.33 bits per heavy atom. The molecule has 0 saturated heterocycles. The molecule has 15 heavy (non-hydrogen) atoms. The van der Waals surface area contributed by atoms with E-state index in [4.69, 9.17) is 5.73 Å². The summed E-state index contributed by atoms with van der Waals surface area (Å²) in [7, 11) is 0. The van der Waals surface area contributed by atoms with Crippen LogP contribution in [0.3, 0.4) is 0 Å². The quantitative estimate of drug-likeness (QED) is 0.506. The third-order valence-corrected chi connectivity index (χ3v) is 2.13. The van der Waals surface area contributed by atoms with Crippen LogP contribution in [-0.2, 0) is 9.59 Å². The second-order valence-corrected chi connectivity index (χ2v) is 3.27. The van der Waals surface area contributed by atoms with Crippen LogP contribution >= 0.6 is 0 Å². The molecule has 0 bridgehead atoms. The Kier molecular flexibility index (Phi) is 7.32. The van der Waals surface area contributed by atoms with Gasteiger partial charge in [-0.3, -0.25) is 9.59 Å². The Bertz CT molecular complexity index is 233. The smallest absolute Gasteiger partial charge is 0.246 e. The molecule has 0 saturated carbocycles. The Labute approximate surface area is 91.1 Å². The second kappa shape index (κ2) is 8.03. The van der Waals surface area contributed by atoms with E-state index in [0.29, 0.717) is 12.8 Å². The number of rotatable bonds is 7. The average Bonchev–Trinajstić information content (AvgIpc) is 2.18. The Morgan fingerprint density at radius 2 is 1.87 bits per heavy atom. The zero-order valence-corrected chi connectivity index (χ0v) is 9.53. The molecule has 2 N–H and O–H groups in total. The topological polar surface area (TPSA) is 63.4 Å². The predicted octanol–water partition coefficient (Wildman–Crippen LogP) is 1.07. The zero-order chi connectivity index (χ0) is 11.7. The van der Waals surface area contributed by atoms with Crippen LogP contribution in [0.5, 0.6) is 0 Å². The highest BCUT2D eigenvalue weighted by Gasteiger charge is 2.03. The van der Waals surface area contributed by atoms with Crippen molar-refractivity contribution in [1.29, 1.82) is 0 Å². The van der Waals surface area contributed by atoms with Crippen molar-refractivity contribution in [1.82, 2.24) is 4.90 Å². The van der Waals surface area contributed by atoms with Gasteiger partial charge in [0, 0.05) is 19.5 Å². The molecule has 0 rings (SSSR count). The highest BCUT2D eigenvalue weighted by Crippen LogP contribution is 1.97. The second-order valence-electron chi connectivity index (χ2n) is 3.27. The van der Waals surface area contributed by atoms with Crippen molar-refractivity contribution < 1.29 is 9.59 Å².